The monoisotopic (exact) mass is 322 g/mol. The Hall–Kier alpha value is -0.870. The zero-order chi connectivity index (χ0) is 16.5. The zero-order valence-electron chi connectivity index (χ0n) is 14.6. The second kappa shape index (κ2) is 6.56. The fraction of sp³-hybridized carbons (Fsp3) is 0.842. The highest BCUT2D eigenvalue weighted by atomic mass is 16.7. The lowest BCUT2D eigenvalue weighted by Gasteiger charge is -2.60. The van der Waals surface area contributed by atoms with E-state index in [0.29, 0.717) is 24.2 Å². The molecule has 4 aliphatic carbocycles. The van der Waals surface area contributed by atoms with Crippen LogP contribution in [0, 0.1) is 11.8 Å². The number of hydrogen-bond donors (Lipinski definition) is 0. The van der Waals surface area contributed by atoms with Gasteiger partial charge in [0, 0.05) is 18.6 Å². The van der Waals surface area contributed by atoms with Crippen molar-refractivity contribution < 1.29 is 19.0 Å². The SMILES string of the molecule is C=C(C)C(=O)OC12CC3CC(CC(OCOCCCC)(C3)C1)C2. The van der Waals surface area contributed by atoms with E-state index in [1.165, 1.54) is 6.42 Å². The maximum atomic E-state index is 12.1. The van der Waals surface area contributed by atoms with Crippen molar-refractivity contribution in [1.29, 1.82) is 0 Å². The maximum absolute atomic E-state index is 12.1. The minimum atomic E-state index is -0.330. The van der Waals surface area contributed by atoms with Crippen molar-refractivity contribution >= 4 is 5.97 Å². The highest BCUT2D eigenvalue weighted by molar-refractivity contribution is 5.87. The molecule has 4 fully saturated rings. The number of carbonyl (C=O) groups excluding carboxylic acids is 1. The molecule has 130 valence electrons. The molecule has 4 bridgehead atoms. The molecule has 0 spiro atoms. The molecule has 23 heavy (non-hydrogen) atoms. The van der Waals surface area contributed by atoms with Crippen molar-refractivity contribution in [2.24, 2.45) is 11.8 Å². The Bertz CT molecular complexity index is 456. The van der Waals surface area contributed by atoms with E-state index in [0.717, 1.165) is 51.6 Å². The summed E-state index contributed by atoms with van der Waals surface area (Å²) < 4.78 is 17.8. The normalized spacial score (nSPS) is 37.8. The van der Waals surface area contributed by atoms with E-state index in [1.807, 2.05) is 0 Å². The second-order valence-electron chi connectivity index (χ2n) is 8.02. The average molecular weight is 322 g/mol. The smallest absolute Gasteiger partial charge is 0.333 e. The van der Waals surface area contributed by atoms with Gasteiger partial charge in [0.05, 0.1) is 5.60 Å². The molecular weight excluding hydrogens is 292 g/mol. The Morgan fingerprint density at radius 1 is 1.17 bits per heavy atom. The van der Waals surface area contributed by atoms with Crippen LogP contribution in [0.15, 0.2) is 12.2 Å². The first-order chi connectivity index (χ1) is 11.0. The van der Waals surface area contributed by atoms with Crippen LogP contribution >= 0.6 is 0 Å². The van der Waals surface area contributed by atoms with Gasteiger partial charge in [-0.05, 0) is 57.3 Å². The molecule has 0 aromatic carbocycles. The molecule has 0 N–H and O–H groups in total. The van der Waals surface area contributed by atoms with Crippen LogP contribution in [0.2, 0.25) is 0 Å². The Morgan fingerprint density at radius 2 is 1.83 bits per heavy atom. The topological polar surface area (TPSA) is 44.8 Å². The summed E-state index contributed by atoms with van der Waals surface area (Å²) in [5, 5.41) is 0. The third-order valence-corrected chi connectivity index (χ3v) is 5.70. The number of unbranched alkanes of at least 4 members (excludes halogenated alkanes) is 1. The fourth-order valence-corrected chi connectivity index (χ4v) is 5.14. The molecule has 0 aromatic heterocycles. The lowest BCUT2D eigenvalue weighted by Crippen LogP contribution is -2.61. The summed E-state index contributed by atoms with van der Waals surface area (Å²) in [7, 11) is 0. The molecule has 4 rings (SSSR count). The summed E-state index contributed by atoms with van der Waals surface area (Å²) in [6.07, 6.45) is 8.45. The number of esters is 1. The highest BCUT2D eigenvalue weighted by Crippen LogP contribution is 2.60. The first kappa shape index (κ1) is 17.0. The molecule has 4 heteroatoms. The van der Waals surface area contributed by atoms with E-state index in [2.05, 4.69) is 13.5 Å². The number of carbonyl (C=O) groups is 1. The summed E-state index contributed by atoms with van der Waals surface area (Å²) in [4.78, 5) is 12.1. The molecule has 0 aromatic rings. The molecule has 4 nitrogen and oxygen atoms in total. The Labute approximate surface area is 139 Å². The zero-order valence-corrected chi connectivity index (χ0v) is 14.6. The van der Waals surface area contributed by atoms with Crippen LogP contribution in [0.25, 0.3) is 0 Å². The van der Waals surface area contributed by atoms with Gasteiger partial charge in [-0.2, -0.15) is 0 Å². The van der Waals surface area contributed by atoms with E-state index in [1.54, 1.807) is 6.92 Å². The van der Waals surface area contributed by atoms with Crippen LogP contribution in [0.5, 0.6) is 0 Å². The van der Waals surface area contributed by atoms with E-state index >= 15 is 0 Å². The van der Waals surface area contributed by atoms with Gasteiger partial charge in [-0.15, -0.1) is 0 Å². The molecule has 4 saturated carbocycles. The molecule has 0 aliphatic heterocycles. The third-order valence-electron chi connectivity index (χ3n) is 5.70. The van der Waals surface area contributed by atoms with Gasteiger partial charge in [-0.1, -0.05) is 19.9 Å². The summed E-state index contributed by atoms with van der Waals surface area (Å²) in [5.74, 6) is 0.982. The second-order valence-corrected chi connectivity index (χ2v) is 8.02. The minimum absolute atomic E-state index is 0.147. The van der Waals surface area contributed by atoms with Gasteiger partial charge in [-0.25, -0.2) is 4.79 Å². The van der Waals surface area contributed by atoms with Gasteiger partial charge in [0.2, 0.25) is 0 Å². The van der Waals surface area contributed by atoms with Gasteiger partial charge in [0.1, 0.15) is 12.4 Å². The average Bonchev–Trinajstić information content (AvgIpc) is 2.44. The fourth-order valence-electron chi connectivity index (χ4n) is 5.14. The van der Waals surface area contributed by atoms with Crippen LogP contribution in [-0.2, 0) is 19.0 Å². The standard InChI is InChI=1S/C19H30O4/c1-4-5-6-21-13-22-18-8-15-7-16(9-18)11-19(10-15,12-18)23-17(20)14(2)3/h15-16H,2,4-13H2,1,3H3. The van der Waals surface area contributed by atoms with E-state index in [-0.39, 0.29) is 17.2 Å². The molecule has 0 saturated heterocycles. The quantitative estimate of drug-likeness (QED) is 0.293. The van der Waals surface area contributed by atoms with Crippen LogP contribution in [0.1, 0.15) is 65.2 Å². The summed E-state index contributed by atoms with van der Waals surface area (Å²) in [6, 6.07) is 0. The molecule has 0 radical (unpaired) electrons. The van der Waals surface area contributed by atoms with E-state index in [9.17, 15) is 4.79 Å². The van der Waals surface area contributed by atoms with Crippen LogP contribution < -0.4 is 0 Å². The van der Waals surface area contributed by atoms with Gasteiger partial charge >= 0.3 is 5.97 Å². The Kier molecular flexibility index (Phi) is 4.84. The van der Waals surface area contributed by atoms with Crippen LogP contribution in [-0.4, -0.2) is 30.6 Å². The third kappa shape index (κ3) is 3.63. The van der Waals surface area contributed by atoms with Gasteiger partial charge < -0.3 is 14.2 Å². The van der Waals surface area contributed by atoms with Crippen molar-refractivity contribution in [3.05, 3.63) is 12.2 Å². The maximum Gasteiger partial charge on any atom is 0.333 e. The van der Waals surface area contributed by atoms with E-state index in [4.69, 9.17) is 14.2 Å². The summed E-state index contributed by atoms with van der Waals surface area (Å²) in [6.45, 7) is 8.72. The molecule has 0 heterocycles. The van der Waals surface area contributed by atoms with Crippen molar-refractivity contribution in [1.82, 2.24) is 0 Å². The molecular formula is C19H30O4. The number of hydrogen-bond acceptors (Lipinski definition) is 4. The first-order valence-electron chi connectivity index (χ1n) is 9.06. The first-order valence-corrected chi connectivity index (χ1v) is 9.06. The van der Waals surface area contributed by atoms with Gasteiger partial charge in [-0.3, -0.25) is 0 Å². The van der Waals surface area contributed by atoms with Crippen molar-refractivity contribution in [3.8, 4) is 0 Å². The minimum Gasteiger partial charge on any atom is -0.456 e. The lowest BCUT2D eigenvalue weighted by molar-refractivity contribution is -0.253. The van der Waals surface area contributed by atoms with Crippen LogP contribution in [0.3, 0.4) is 0 Å². The number of rotatable bonds is 8. The molecule has 4 aliphatic rings. The van der Waals surface area contributed by atoms with Crippen molar-refractivity contribution in [2.45, 2.75) is 76.4 Å². The highest BCUT2D eigenvalue weighted by Gasteiger charge is 2.60. The summed E-state index contributed by atoms with van der Waals surface area (Å²) in [5.41, 5.74) is 0.00783. The van der Waals surface area contributed by atoms with Crippen molar-refractivity contribution in [2.75, 3.05) is 13.4 Å². The predicted octanol–water partition coefficient (Wildman–Crippen LogP) is 3.99. The Morgan fingerprint density at radius 3 is 2.43 bits per heavy atom. The van der Waals surface area contributed by atoms with Crippen molar-refractivity contribution in [3.63, 3.8) is 0 Å². The van der Waals surface area contributed by atoms with Crippen LogP contribution in [0.4, 0.5) is 0 Å². The largest absolute Gasteiger partial charge is 0.456 e. The van der Waals surface area contributed by atoms with E-state index < -0.39 is 0 Å². The number of ether oxygens (including phenoxy) is 3. The molecule has 2 unspecified atom stereocenters. The molecule has 2 atom stereocenters. The van der Waals surface area contributed by atoms with Gasteiger partial charge in [0.15, 0.2) is 0 Å². The van der Waals surface area contributed by atoms with Gasteiger partial charge in [0.25, 0.3) is 0 Å². The molecule has 0 amide bonds. The lowest BCUT2D eigenvalue weighted by atomic mass is 9.52. The Balaban J connectivity index is 1.64. The predicted molar refractivity (Wildman–Crippen MR) is 87.9 cm³/mol. The summed E-state index contributed by atoms with van der Waals surface area (Å²) >= 11 is 0.